The van der Waals surface area contributed by atoms with Gasteiger partial charge in [-0.25, -0.2) is 4.68 Å². The molecule has 142 valence electrons. The molecule has 0 spiro atoms. The number of nitrogens with zero attached hydrogens (tertiary/aromatic N) is 3. The third kappa shape index (κ3) is 4.91. The van der Waals surface area contributed by atoms with Crippen LogP contribution >= 0.6 is 11.8 Å². The van der Waals surface area contributed by atoms with Gasteiger partial charge < -0.3 is 15.6 Å². The molecule has 0 bridgehead atoms. The van der Waals surface area contributed by atoms with Gasteiger partial charge >= 0.3 is 0 Å². The molecule has 0 aliphatic carbocycles. The topological polar surface area (TPSA) is 99.0 Å². The molecule has 2 aromatic heterocycles. The summed E-state index contributed by atoms with van der Waals surface area (Å²) in [6.45, 7) is 4.29. The molecular formula is C19H23N5O2S. The molecule has 0 radical (unpaired) electrons. The number of carbonyl (C=O) groups excluding carboxylic acids is 1. The van der Waals surface area contributed by atoms with Crippen molar-refractivity contribution in [2.24, 2.45) is 5.92 Å². The summed E-state index contributed by atoms with van der Waals surface area (Å²) in [5, 5.41) is 11.6. The number of hydrogen-bond acceptors (Lipinski definition) is 6. The smallest absolute Gasteiger partial charge is 0.230 e. The van der Waals surface area contributed by atoms with Gasteiger partial charge in [-0.1, -0.05) is 55.9 Å². The number of furan rings is 1. The van der Waals surface area contributed by atoms with E-state index < -0.39 is 0 Å². The lowest BCUT2D eigenvalue weighted by Crippen LogP contribution is -2.31. The fraction of sp³-hybridized carbons (Fsp3) is 0.316. The first-order chi connectivity index (χ1) is 13.0. The van der Waals surface area contributed by atoms with Crippen LogP contribution < -0.4 is 11.2 Å². The molecule has 27 heavy (non-hydrogen) atoms. The van der Waals surface area contributed by atoms with Gasteiger partial charge in [-0.05, 0) is 30.0 Å². The monoisotopic (exact) mass is 385 g/mol. The minimum Gasteiger partial charge on any atom is -0.461 e. The van der Waals surface area contributed by atoms with E-state index in [-0.39, 0.29) is 17.7 Å². The van der Waals surface area contributed by atoms with Gasteiger partial charge in [-0.15, -0.1) is 10.2 Å². The first-order valence-corrected chi connectivity index (χ1v) is 9.74. The van der Waals surface area contributed by atoms with Crippen molar-refractivity contribution in [3.05, 3.63) is 54.3 Å². The van der Waals surface area contributed by atoms with Gasteiger partial charge in [0.15, 0.2) is 5.76 Å². The van der Waals surface area contributed by atoms with Gasteiger partial charge in [-0.2, -0.15) is 0 Å². The molecule has 1 amide bonds. The number of carbonyl (C=O) groups is 1. The van der Waals surface area contributed by atoms with E-state index in [1.54, 1.807) is 18.4 Å². The Kier molecular flexibility index (Phi) is 6.18. The molecular weight excluding hydrogens is 362 g/mol. The minimum absolute atomic E-state index is 0.0197. The van der Waals surface area contributed by atoms with E-state index >= 15 is 0 Å². The molecule has 0 fully saturated rings. The van der Waals surface area contributed by atoms with Crippen LogP contribution in [0.5, 0.6) is 0 Å². The van der Waals surface area contributed by atoms with Crippen LogP contribution in [0.2, 0.25) is 0 Å². The van der Waals surface area contributed by atoms with E-state index in [9.17, 15) is 4.79 Å². The predicted octanol–water partition coefficient (Wildman–Crippen LogP) is 3.25. The van der Waals surface area contributed by atoms with Crippen molar-refractivity contribution in [1.29, 1.82) is 0 Å². The number of nitrogens with one attached hydrogen (secondary N) is 1. The van der Waals surface area contributed by atoms with Gasteiger partial charge in [0.1, 0.15) is 0 Å². The molecule has 0 aliphatic rings. The highest BCUT2D eigenvalue weighted by molar-refractivity contribution is 7.99. The largest absolute Gasteiger partial charge is 0.461 e. The van der Waals surface area contributed by atoms with Crippen LogP contribution in [0.25, 0.3) is 11.6 Å². The third-order valence-electron chi connectivity index (χ3n) is 3.98. The summed E-state index contributed by atoms with van der Waals surface area (Å²) in [7, 11) is 0. The van der Waals surface area contributed by atoms with Crippen molar-refractivity contribution >= 4 is 17.7 Å². The molecule has 0 aliphatic heterocycles. The van der Waals surface area contributed by atoms with Crippen LogP contribution in [-0.2, 0) is 4.79 Å². The number of hydrogen-bond donors (Lipinski definition) is 2. The van der Waals surface area contributed by atoms with Crippen LogP contribution in [0.4, 0.5) is 0 Å². The van der Waals surface area contributed by atoms with Gasteiger partial charge in [0.2, 0.25) is 16.9 Å². The van der Waals surface area contributed by atoms with Crippen molar-refractivity contribution < 1.29 is 9.21 Å². The number of amides is 1. The molecule has 3 rings (SSSR count). The highest BCUT2D eigenvalue weighted by atomic mass is 32.2. The van der Waals surface area contributed by atoms with Crippen LogP contribution in [0.15, 0.2) is 58.3 Å². The second-order valence-corrected chi connectivity index (χ2v) is 7.54. The number of benzene rings is 1. The molecule has 2 heterocycles. The van der Waals surface area contributed by atoms with E-state index in [0.717, 1.165) is 12.0 Å². The Morgan fingerprint density at radius 3 is 2.67 bits per heavy atom. The van der Waals surface area contributed by atoms with Crippen molar-refractivity contribution in [3.63, 3.8) is 0 Å². The van der Waals surface area contributed by atoms with Gasteiger partial charge in [0, 0.05) is 0 Å². The SMILES string of the molecule is CC(C)C[C@@H](NC(=O)CSc1nnc(-c2ccco2)n1N)c1ccccc1. The molecule has 3 N–H and O–H groups in total. The number of rotatable bonds is 8. The van der Waals surface area contributed by atoms with E-state index in [1.165, 1.54) is 16.4 Å². The standard InChI is InChI=1S/C19H23N5O2S/c1-13(2)11-15(14-7-4-3-5-8-14)21-17(25)12-27-19-23-22-18(24(19)20)16-9-6-10-26-16/h3-10,13,15H,11-12,20H2,1-2H3,(H,21,25)/t15-/m1/s1. The molecule has 8 heteroatoms. The molecule has 0 unspecified atom stereocenters. The average Bonchev–Trinajstić information content (AvgIpc) is 3.29. The zero-order chi connectivity index (χ0) is 19.2. The summed E-state index contributed by atoms with van der Waals surface area (Å²) in [5.41, 5.74) is 1.10. The van der Waals surface area contributed by atoms with Crippen molar-refractivity contribution in [1.82, 2.24) is 20.2 Å². The fourth-order valence-electron chi connectivity index (χ4n) is 2.75. The molecule has 1 atom stereocenters. The summed E-state index contributed by atoms with van der Waals surface area (Å²) < 4.78 is 6.62. The summed E-state index contributed by atoms with van der Waals surface area (Å²) in [4.78, 5) is 12.5. The summed E-state index contributed by atoms with van der Waals surface area (Å²) in [6.07, 6.45) is 2.42. The summed E-state index contributed by atoms with van der Waals surface area (Å²) >= 11 is 1.24. The van der Waals surface area contributed by atoms with E-state index in [0.29, 0.717) is 22.7 Å². The van der Waals surface area contributed by atoms with Gasteiger partial charge in [-0.3, -0.25) is 4.79 Å². The van der Waals surface area contributed by atoms with Crippen molar-refractivity contribution in [3.8, 4) is 11.6 Å². The van der Waals surface area contributed by atoms with Crippen LogP contribution in [-0.4, -0.2) is 26.5 Å². The Hall–Kier alpha value is -2.74. The maximum absolute atomic E-state index is 12.5. The van der Waals surface area contributed by atoms with Crippen LogP contribution in [0.3, 0.4) is 0 Å². The Labute approximate surface area is 162 Å². The highest BCUT2D eigenvalue weighted by Gasteiger charge is 2.18. The Morgan fingerprint density at radius 1 is 1.22 bits per heavy atom. The lowest BCUT2D eigenvalue weighted by Gasteiger charge is -2.21. The Balaban J connectivity index is 1.61. The quantitative estimate of drug-likeness (QED) is 0.456. The zero-order valence-electron chi connectivity index (χ0n) is 15.3. The lowest BCUT2D eigenvalue weighted by atomic mass is 9.97. The average molecular weight is 385 g/mol. The van der Waals surface area contributed by atoms with Crippen molar-refractivity contribution in [2.75, 3.05) is 11.6 Å². The maximum Gasteiger partial charge on any atom is 0.230 e. The molecule has 0 saturated carbocycles. The van der Waals surface area contributed by atoms with Crippen molar-refractivity contribution in [2.45, 2.75) is 31.5 Å². The van der Waals surface area contributed by atoms with Crippen LogP contribution in [0.1, 0.15) is 31.9 Å². The van der Waals surface area contributed by atoms with E-state index in [2.05, 4.69) is 29.4 Å². The normalized spacial score (nSPS) is 12.3. The van der Waals surface area contributed by atoms with Gasteiger partial charge in [0.25, 0.3) is 0 Å². The summed E-state index contributed by atoms with van der Waals surface area (Å²) in [5.74, 6) is 7.56. The van der Waals surface area contributed by atoms with Crippen LogP contribution in [0, 0.1) is 5.92 Å². The number of nitrogens with two attached hydrogens (primary N) is 1. The highest BCUT2D eigenvalue weighted by Crippen LogP contribution is 2.23. The molecule has 7 nitrogen and oxygen atoms in total. The molecule has 0 saturated heterocycles. The Morgan fingerprint density at radius 2 is 2.00 bits per heavy atom. The fourth-order valence-corrected chi connectivity index (χ4v) is 3.42. The first-order valence-electron chi connectivity index (χ1n) is 8.76. The predicted molar refractivity (Wildman–Crippen MR) is 105 cm³/mol. The second-order valence-electron chi connectivity index (χ2n) is 6.60. The number of thioether (sulfide) groups is 1. The minimum atomic E-state index is -0.0722. The lowest BCUT2D eigenvalue weighted by molar-refractivity contribution is -0.119. The Bertz CT molecular complexity index is 862. The van der Waals surface area contributed by atoms with Gasteiger partial charge in [0.05, 0.1) is 18.1 Å². The number of nitrogen functional groups attached to an aromatic ring is 1. The molecule has 1 aromatic carbocycles. The number of aromatic nitrogens is 3. The zero-order valence-corrected chi connectivity index (χ0v) is 16.1. The summed E-state index contributed by atoms with van der Waals surface area (Å²) in [6, 6.07) is 13.5. The van der Waals surface area contributed by atoms with E-state index in [1.807, 2.05) is 30.3 Å². The molecule has 3 aromatic rings. The third-order valence-corrected chi connectivity index (χ3v) is 4.93. The first kappa shape index (κ1) is 19.0. The maximum atomic E-state index is 12.5. The van der Waals surface area contributed by atoms with E-state index in [4.69, 9.17) is 10.3 Å². The second kappa shape index (κ2) is 8.77.